The zero-order valence-electron chi connectivity index (χ0n) is 14.6. The van der Waals surface area contributed by atoms with Crippen molar-refractivity contribution >= 4 is 34.3 Å². The second kappa shape index (κ2) is 8.88. The highest BCUT2D eigenvalue weighted by molar-refractivity contribution is 7.99. The molecule has 0 saturated heterocycles. The Kier molecular flexibility index (Phi) is 6.30. The van der Waals surface area contributed by atoms with Gasteiger partial charge in [-0.15, -0.1) is 0 Å². The van der Waals surface area contributed by atoms with Gasteiger partial charge in [-0.1, -0.05) is 35.5 Å². The van der Waals surface area contributed by atoms with E-state index in [0.29, 0.717) is 33.9 Å². The minimum absolute atomic E-state index is 0.0996. The number of halogens is 2. The second-order valence-electron chi connectivity index (χ2n) is 5.98. The van der Waals surface area contributed by atoms with E-state index in [9.17, 15) is 14.4 Å². The number of nitrogens with zero attached hydrogens (tertiary/aromatic N) is 4. The van der Waals surface area contributed by atoms with Crippen LogP contribution < -0.4 is 5.56 Å². The molecule has 0 unspecified atom stereocenters. The zero-order valence-corrected chi connectivity index (χ0v) is 16.2. The second-order valence-corrected chi connectivity index (χ2v) is 7.38. The van der Waals surface area contributed by atoms with Gasteiger partial charge in [0.2, 0.25) is 0 Å². The average Bonchev–Trinajstić information content (AvgIpc) is 2.70. The van der Waals surface area contributed by atoms with Gasteiger partial charge in [0.15, 0.2) is 5.16 Å². The van der Waals surface area contributed by atoms with E-state index in [1.165, 1.54) is 34.5 Å². The maximum atomic E-state index is 13.6. The van der Waals surface area contributed by atoms with Gasteiger partial charge in [0.25, 0.3) is 5.56 Å². The highest BCUT2D eigenvalue weighted by atomic mass is 35.5. The standard InChI is InChI=1S/C20H14ClFN4OS/c21-16-10-14(7-8-17(16)22)26-19(27)15-5-1-2-6-18(15)25-20(26)28-12-13(11-24)4-3-9-23/h1-2,5-8,10,13H,3-4,12H2/t13-/m1/s1. The molecule has 0 amide bonds. The summed E-state index contributed by atoms with van der Waals surface area (Å²) in [5.74, 6) is -0.557. The molecule has 5 nitrogen and oxygen atoms in total. The zero-order chi connectivity index (χ0) is 20.1. The molecule has 0 fully saturated rings. The van der Waals surface area contributed by atoms with Crippen LogP contribution in [-0.2, 0) is 0 Å². The first-order valence-corrected chi connectivity index (χ1v) is 9.78. The Hall–Kier alpha value is -2.87. The minimum atomic E-state index is -0.581. The monoisotopic (exact) mass is 412 g/mol. The smallest absolute Gasteiger partial charge is 0.266 e. The van der Waals surface area contributed by atoms with Crippen LogP contribution in [0.25, 0.3) is 16.6 Å². The number of rotatable bonds is 6. The van der Waals surface area contributed by atoms with Gasteiger partial charge in [0.05, 0.1) is 39.7 Å². The first-order valence-electron chi connectivity index (χ1n) is 8.41. The lowest BCUT2D eigenvalue weighted by molar-refractivity contribution is 0.627. The summed E-state index contributed by atoms with van der Waals surface area (Å²) in [6.07, 6.45) is 0.727. The van der Waals surface area contributed by atoms with Crippen molar-refractivity contribution in [3.05, 3.63) is 63.7 Å². The highest BCUT2D eigenvalue weighted by Gasteiger charge is 2.16. The third-order valence-electron chi connectivity index (χ3n) is 4.11. The fraction of sp³-hybridized carbons (Fsp3) is 0.200. The van der Waals surface area contributed by atoms with Crippen molar-refractivity contribution in [2.24, 2.45) is 5.92 Å². The van der Waals surface area contributed by atoms with Crippen molar-refractivity contribution in [3.8, 4) is 17.8 Å². The van der Waals surface area contributed by atoms with Gasteiger partial charge in [0, 0.05) is 12.2 Å². The number of fused-ring (bicyclic) bond motifs is 1. The Bertz CT molecular complexity index is 1170. The SMILES string of the molecule is N#CCC[C@H](C#N)CSc1nc2ccccc2c(=O)n1-c1ccc(F)c(Cl)c1. The summed E-state index contributed by atoms with van der Waals surface area (Å²) >= 11 is 7.15. The van der Waals surface area contributed by atoms with E-state index < -0.39 is 5.82 Å². The van der Waals surface area contributed by atoms with Crippen LogP contribution in [0.5, 0.6) is 0 Å². The molecule has 0 N–H and O–H groups in total. The van der Waals surface area contributed by atoms with Gasteiger partial charge in [-0.2, -0.15) is 10.5 Å². The quantitative estimate of drug-likeness (QED) is 0.432. The van der Waals surface area contributed by atoms with Gasteiger partial charge in [-0.3, -0.25) is 9.36 Å². The van der Waals surface area contributed by atoms with Crippen molar-refractivity contribution in [1.29, 1.82) is 10.5 Å². The molecule has 140 valence electrons. The van der Waals surface area contributed by atoms with Crippen molar-refractivity contribution in [3.63, 3.8) is 0 Å². The summed E-state index contributed by atoms with van der Waals surface area (Å²) in [7, 11) is 0. The van der Waals surface area contributed by atoms with E-state index in [-0.39, 0.29) is 22.9 Å². The Morgan fingerprint density at radius 1 is 1.25 bits per heavy atom. The molecule has 0 spiro atoms. The van der Waals surface area contributed by atoms with E-state index in [4.69, 9.17) is 16.9 Å². The summed E-state index contributed by atoms with van der Waals surface area (Å²) in [4.78, 5) is 17.7. The Morgan fingerprint density at radius 2 is 2.04 bits per heavy atom. The first-order chi connectivity index (χ1) is 13.5. The minimum Gasteiger partial charge on any atom is -0.268 e. The van der Waals surface area contributed by atoms with Gasteiger partial charge < -0.3 is 0 Å². The predicted octanol–water partition coefficient (Wildman–Crippen LogP) is 4.71. The Labute approximate surface area is 170 Å². The lowest BCUT2D eigenvalue weighted by Crippen LogP contribution is -2.22. The molecule has 0 aliphatic rings. The molecule has 1 heterocycles. The fourth-order valence-corrected chi connectivity index (χ4v) is 3.91. The van der Waals surface area contributed by atoms with Crippen LogP contribution in [-0.4, -0.2) is 15.3 Å². The normalized spacial score (nSPS) is 11.7. The molecule has 1 atom stereocenters. The van der Waals surface area contributed by atoms with E-state index in [0.717, 1.165) is 0 Å². The first kappa shape index (κ1) is 19.9. The Balaban J connectivity index is 2.09. The Morgan fingerprint density at radius 3 is 2.75 bits per heavy atom. The van der Waals surface area contributed by atoms with Crippen LogP contribution in [0.15, 0.2) is 52.4 Å². The van der Waals surface area contributed by atoms with Crippen molar-refractivity contribution < 1.29 is 4.39 Å². The van der Waals surface area contributed by atoms with Crippen molar-refractivity contribution in [1.82, 2.24) is 9.55 Å². The van der Waals surface area contributed by atoms with Crippen LogP contribution in [0.3, 0.4) is 0 Å². The molecule has 3 aromatic rings. The van der Waals surface area contributed by atoms with Gasteiger partial charge in [-0.25, -0.2) is 9.37 Å². The largest absolute Gasteiger partial charge is 0.268 e. The molecule has 2 aromatic carbocycles. The van der Waals surface area contributed by atoms with Gasteiger partial charge in [-0.05, 0) is 36.8 Å². The van der Waals surface area contributed by atoms with Crippen molar-refractivity contribution in [2.45, 2.75) is 18.0 Å². The summed E-state index contributed by atoms with van der Waals surface area (Å²) in [6.45, 7) is 0. The molecule has 0 aliphatic heterocycles. The molecular formula is C20H14ClFN4OS. The van der Waals surface area contributed by atoms with Crippen LogP contribution >= 0.6 is 23.4 Å². The van der Waals surface area contributed by atoms with Gasteiger partial charge >= 0.3 is 0 Å². The summed E-state index contributed by atoms with van der Waals surface area (Å²) in [5.41, 5.74) is 0.619. The summed E-state index contributed by atoms with van der Waals surface area (Å²) in [5, 5.41) is 18.7. The summed E-state index contributed by atoms with van der Waals surface area (Å²) in [6, 6.07) is 15.2. The van der Waals surface area contributed by atoms with E-state index in [1.54, 1.807) is 24.3 Å². The topological polar surface area (TPSA) is 82.5 Å². The number of hydrogen-bond donors (Lipinski definition) is 0. The lowest BCUT2D eigenvalue weighted by Gasteiger charge is -2.14. The number of para-hydroxylation sites is 1. The molecule has 0 bridgehead atoms. The molecule has 0 aliphatic carbocycles. The summed E-state index contributed by atoms with van der Waals surface area (Å²) < 4.78 is 15.0. The van der Waals surface area contributed by atoms with Crippen molar-refractivity contribution in [2.75, 3.05) is 5.75 Å². The molecular weight excluding hydrogens is 399 g/mol. The molecule has 3 rings (SSSR count). The fourth-order valence-electron chi connectivity index (χ4n) is 2.66. The molecule has 8 heteroatoms. The molecule has 0 radical (unpaired) electrons. The van der Waals surface area contributed by atoms with E-state index in [2.05, 4.69) is 11.1 Å². The third kappa shape index (κ3) is 4.17. The van der Waals surface area contributed by atoms with Crippen LogP contribution in [0.2, 0.25) is 5.02 Å². The average molecular weight is 413 g/mol. The van der Waals surface area contributed by atoms with Crippen LogP contribution in [0.1, 0.15) is 12.8 Å². The lowest BCUT2D eigenvalue weighted by atomic mass is 10.1. The number of nitriles is 2. The van der Waals surface area contributed by atoms with Crippen LogP contribution in [0, 0.1) is 34.4 Å². The predicted molar refractivity (Wildman–Crippen MR) is 107 cm³/mol. The number of hydrogen-bond acceptors (Lipinski definition) is 5. The van der Waals surface area contributed by atoms with Gasteiger partial charge in [0.1, 0.15) is 5.82 Å². The number of benzene rings is 2. The van der Waals surface area contributed by atoms with Crippen LogP contribution in [0.4, 0.5) is 4.39 Å². The maximum absolute atomic E-state index is 13.6. The number of aromatic nitrogens is 2. The molecule has 1 aromatic heterocycles. The van der Waals surface area contributed by atoms with E-state index >= 15 is 0 Å². The van der Waals surface area contributed by atoms with E-state index in [1.807, 2.05) is 6.07 Å². The molecule has 0 saturated carbocycles. The molecule has 28 heavy (non-hydrogen) atoms. The highest BCUT2D eigenvalue weighted by Crippen LogP contribution is 2.26. The number of thioether (sulfide) groups is 1. The maximum Gasteiger partial charge on any atom is 0.266 e. The third-order valence-corrected chi connectivity index (χ3v) is 5.50.